The highest BCUT2D eigenvalue weighted by Crippen LogP contribution is 2.26. The summed E-state index contributed by atoms with van der Waals surface area (Å²) in [5.74, 6) is 2.61. The Kier molecular flexibility index (Phi) is 6.22. The van der Waals surface area contributed by atoms with Crippen molar-refractivity contribution < 1.29 is 14.4 Å². The number of fused-ring (bicyclic) bond motifs is 1. The van der Waals surface area contributed by atoms with Gasteiger partial charge >= 0.3 is 0 Å². The molecule has 2 fully saturated rings. The number of aryl methyl sites for hydroxylation is 1. The summed E-state index contributed by atoms with van der Waals surface area (Å²) in [6, 6.07) is 4.05. The van der Waals surface area contributed by atoms with Crippen molar-refractivity contribution in [3.63, 3.8) is 0 Å². The number of aliphatic hydroxyl groups is 1. The van der Waals surface area contributed by atoms with Crippen LogP contribution in [0.1, 0.15) is 34.7 Å². The zero-order chi connectivity index (χ0) is 21.9. The smallest absolute Gasteiger partial charge is 0.276 e. The predicted octanol–water partition coefficient (Wildman–Crippen LogP) is 0.420. The Morgan fingerprint density at radius 2 is 1.53 bits per heavy atom. The fourth-order valence-electron chi connectivity index (χ4n) is 4.84. The summed E-state index contributed by atoms with van der Waals surface area (Å²) in [5.41, 5.74) is 1.53. The number of amides is 1. The first-order valence-electron chi connectivity index (χ1n) is 11.7. The molecule has 10 nitrogen and oxygen atoms in total. The molecule has 0 atom stereocenters. The molecule has 2 saturated heterocycles. The number of hydrogen-bond donors (Lipinski definition) is 1. The van der Waals surface area contributed by atoms with E-state index in [9.17, 15) is 4.79 Å². The Bertz CT molecular complexity index is 916. The normalized spacial score (nSPS) is 19.8. The highest BCUT2D eigenvalue weighted by molar-refractivity contribution is 5.94. The van der Waals surface area contributed by atoms with Crippen molar-refractivity contribution in [2.75, 3.05) is 75.3 Å². The lowest BCUT2D eigenvalue weighted by Crippen LogP contribution is -2.49. The molecule has 2 aliphatic heterocycles. The quantitative estimate of drug-likeness (QED) is 0.707. The second-order valence-electron chi connectivity index (χ2n) is 8.72. The van der Waals surface area contributed by atoms with Crippen LogP contribution in [-0.4, -0.2) is 102 Å². The van der Waals surface area contributed by atoms with Gasteiger partial charge in [-0.25, -0.2) is 0 Å². The maximum Gasteiger partial charge on any atom is 0.276 e. The standard InChI is InChI=1S/C22H31N7O3/c30-16-15-26-7-9-27(10-8-26)19-5-6-20(24-23-19)28-11-13-29(14-12-28)22(31)21-17-3-1-2-4-18(17)32-25-21/h5-6,30H,1-4,7-16H2. The van der Waals surface area contributed by atoms with Crippen LogP contribution in [-0.2, 0) is 12.8 Å². The SMILES string of the molecule is O=C(c1noc2c1CCCC2)N1CCN(c2ccc(N3CCN(CCO)CC3)nn2)CC1. The van der Waals surface area contributed by atoms with Gasteiger partial charge in [0.2, 0.25) is 0 Å². The molecule has 172 valence electrons. The lowest BCUT2D eigenvalue weighted by molar-refractivity contribution is 0.0735. The monoisotopic (exact) mass is 441 g/mol. The molecule has 32 heavy (non-hydrogen) atoms. The number of aliphatic hydroxyl groups excluding tert-OH is 1. The number of aromatic nitrogens is 3. The average molecular weight is 442 g/mol. The van der Waals surface area contributed by atoms with E-state index in [0.717, 1.165) is 94.5 Å². The van der Waals surface area contributed by atoms with Crippen LogP contribution >= 0.6 is 0 Å². The lowest BCUT2D eigenvalue weighted by atomic mass is 9.96. The van der Waals surface area contributed by atoms with E-state index < -0.39 is 0 Å². The van der Waals surface area contributed by atoms with Crippen molar-refractivity contribution in [1.29, 1.82) is 0 Å². The van der Waals surface area contributed by atoms with Crippen LogP contribution in [0.25, 0.3) is 0 Å². The number of piperazine rings is 2. The molecule has 2 aromatic rings. The topological polar surface area (TPSA) is 102 Å². The predicted molar refractivity (Wildman–Crippen MR) is 119 cm³/mol. The van der Waals surface area contributed by atoms with Crippen molar-refractivity contribution in [1.82, 2.24) is 25.2 Å². The van der Waals surface area contributed by atoms with E-state index in [1.54, 1.807) is 0 Å². The molecule has 0 radical (unpaired) electrons. The van der Waals surface area contributed by atoms with Crippen molar-refractivity contribution in [3.8, 4) is 0 Å². The molecule has 0 aromatic carbocycles. The van der Waals surface area contributed by atoms with E-state index in [1.165, 1.54) is 0 Å². The summed E-state index contributed by atoms with van der Waals surface area (Å²) in [6.45, 7) is 7.28. The van der Waals surface area contributed by atoms with Crippen LogP contribution in [0.15, 0.2) is 16.7 Å². The molecule has 0 unspecified atom stereocenters. The van der Waals surface area contributed by atoms with E-state index in [4.69, 9.17) is 9.63 Å². The molecule has 0 bridgehead atoms. The van der Waals surface area contributed by atoms with E-state index in [2.05, 4.69) is 30.1 Å². The van der Waals surface area contributed by atoms with Gasteiger partial charge in [0.05, 0.1) is 6.61 Å². The Labute approximate surface area is 187 Å². The summed E-state index contributed by atoms with van der Waals surface area (Å²) in [6.07, 6.45) is 3.97. The summed E-state index contributed by atoms with van der Waals surface area (Å²) in [4.78, 5) is 21.5. The van der Waals surface area contributed by atoms with Crippen LogP contribution in [0.2, 0.25) is 0 Å². The van der Waals surface area contributed by atoms with E-state index in [-0.39, 0.29) is 12.5 Å². The van der Waals surface area contributed by atoms with Gasteiger partial charge < -0.3 is 24.3 Å². The summed E-state index contributed by atoms with van der Waals surface area (Å²) < 4.78 is 5.42. The summed E-state index contributed by atoms with van der Waals surface area (Å²) in [5, 5.41) is 22.1. The number of β-amino-alcohol motifs (C(OH)–C–C–N with tert-alkyl or cyclic N) is 1. The number of anilines is 2. The molecule has 1 N–H and O–H groups in total. The number of rotatable bonds is 5. The third kappa shape index (κ3) is 4.29. The van der Waals surface area contributed by atoms with Crippen molar-refractivity contribution in [2.24, 2.45) is 0 Å². The molecular weight excluding hydrogens is 410 g/mol. The fourth-order valence-corrected chi connectivity index (χ4v) is 4.84. The van der Waals surface area contributed by atoms with Crippen molar-refractivity contribution in [2.45, 2.75) is 25.7 Å². The Balaban J connectivity index is 1.15. The third-order valence-corrected chi connectivity index (χ3v) is 6.79. The van der Waals surface area contributed by atoms with Crippen LogP contribution in [0, 0.1) is 0 Å². The zero-order valence-electron chi connectivity index (χ0n) is 18.4. The molecule has 1 amide bonds. The third-order valence-electron chi connectivity index (χ3n) is 6.79. The van der Waals surface area contributed by atoms with Gasteiger partial charge in [0.15, 0.2) is 17.3 Å². The molecule has 5 rings (SSSR count). The molecule has 2 aromatic heterocycles. The van der Waals surface area contributed by atoms with Gasteiger partial charge in [-0.05, 0) is 31.4 Å². The Hall–Kier alpha value is -2.72. The van der Waals surface area contributed by atoms with Crippen molar-refractivity contribution >= 4 is 17.5 Å². The lowest BCUT2D eigenvalue weighted by Gasteiger charge is -2.36. The summed E-state index contributed by atoms with van der Waals surface area (Å²) >= 11 is 0. The molecule has 0 spiro atoms. The molecule has 10 heteroatoms. The average Bonchev–Trinajstić information content (AvgIpc) is 3.29. The van der Waals surface area contributed by atoms with Crippen LogP contribution in [0.4, 0.5) is 11.6 Å². The van der Waals surface area contributed by atoms with Crippen molar-refractivity contribution in [3.05, 3.63) is 29.2 Å². The molecule has 3 aliphatic rings. The van der Waals surface area contributed by atoms with Crippen LogP contribution in [0.5, 0.6) is 0 Å². The van der Waals surface area contributed by atoms with Gasteiger partial charge in [-0.1, -0.05) is 5.16 Å². The number of carbonyl (C=O) groups is 1. The molecule has 4 heterocycles. The highest BCUT2D eigenvalue weighted by Gasteiger charge is 2.30. The largest absolute Gasteiger partial charge is 0.395 e. The maximum absolute atomic E-state index is 13.0. The Morgan fingerprint density at radius 1 is 0.906 bits per heavy atom. The first kappa shape index (κ1) is 21.1. The highest BCUT2D eigenvalue weighted by atomic mass is 16.5. The van der Waals surface area contributed by atoms with Gasteiger partial charge in [-0.15, -0.1) is 10.2 Å². The van der Waals surface area contributed by atoms with Gasteiger partial charge in [-0.2, -0.15) is 0 Å². The van der Waals surface area contributed by atoms with Gasteiger partial charge in [0, 0.05) is 70.9 Å². The number of carbonyl (C=O) groups excluding carboxylic acids is 1. The van der Waals surface area contributed by atoms with Gasteiger partial charge in [0.25, 0.3) is 5.91 Å². The molecule has 0 saturated carbocycles. The summed E-state index contributed by atoms with van der Waals surface area (Å²) in [7, 11) is 0. The first-order valence-corrected chi connectivity index (χ1v) is 11.7. The minimum Gasteiger partial charge on any atom is -0.395 e. The molecular formula is C22H31N7O3. The van der Waals surface area contributed by atoms with E-state index in [1.807, 2.05) is 17.0 Å². The second kappa shape index (κ2) is 9.41. The van der Waals surface area contributed by atoms with Crippen LogP contribution < -0.4 is 9.80 Å². The number of nitrogens with zero attached hydrogens (tertiary/aromatic N) is 7. The van der Waals surface area contributed by atoms with Gasteiger partial charge in [-0.3, -0.25) is 9.69 Å². The van der Waals surface area contributed by atoms with Crippen LogP contribution in [0.3, 0.4) is 0 Å². The minimum atomic E-state index is -0.0154. The van der Waals surface area contributed by atoms with E-state index in [0.29, 0.717) is 18.8 Å². The fraction of sp³-hybridized carbons (Fsp3) is 0.636. The number of hydrogen-bond acceptors (Lipinski definition) is 9. The second-order valence-corrected chi connectivity index (χ2v) is 8.72. The zero-order valence-corrected chi connectivity index (χ0v) is 18.4. The minimum absolute atomic E-state index is 0.0154. The van der Waals surface area contributed by atoms with Gasteiger partial charge in [0.1, 0.15) is 5.76 Å². The van der Waals surface area contributed by atoms with E-state index >= 15 is 0 Å². The maximum atomic E-state index is 13.0. The Morgan fingerprint density at radius 3 is 2.16 bits per heavy atom. The molecule has 1 aliphatic carbocycles. The first-order chi connectivity index (χ1) is 15.7.